The van der Waals surface area contributed by atoms with E-state index in [9.17, 15) is 0 Å². The van der Waals surface area contributed by atoms with Crippen molar-refractivity contribution in [2.75, 3.05) is 6.61 Å². The van der Waals surface area contributed by atoms with Crippen molar-refractivity contribution in [1.82, 2.24) is 0 Å². The lowest BCUT2D eigenvalue weighted by molar-refractivity contribution is 0.286. The Morgan fingerprint density at radius 1 is 1.44 bits per heavy atom. The number of halogens is 4. The monoisotopic (exact) mass is 298 g/mol. The van der Waals surface area contributed by atoms with Gasteiger partial charge in [0.05, 0.1) is 0 Å². The van der Waals surface area contributed by atoms with E-state index in [0.29, 0.717) is 6.42 Å². The molecular formula is C4H6Br2Cl2O. The molecular weight excluding hydrogens is 295 g/mol. The predicted octanol–water partition coefficient (Wildman–Crippen LogP) is 2.66. The molecule has 0 unspecified atom stereocenters. The fourth-order valence-corrected chi connectivity index (χ4v) is 0.831. The Morgan fingerprint density at radius 3 is 2.00 bits per heavy atom. The molecule has 0 radical (unpaired) electrons. The highest BCUT2D eigenvalue weighted by Gasteiger charge is 2.29. The van der Waals surface area contributed by atoms with Gasteiger partial charge < -0.3 is 5.11 Å². The molecule has 0 saturated heterocycles. The van der Waals surface area contributed by atoms with Crippen LogP contribution in [-0.2, 0) is 0 Å². The Bertz CT molecular complexity index is 86.6. The Hall–Kier alpha value is 1.50. The van der Waals surface area contributed by atoms with Crippen LogP contribution in [0.2, 0.25) is 0 Å². The van der Waals surface area contributed by atoms with Crippen LogP contribution in [0.1, 0.15) is 6.42 Å². The van der Waals surface area contributed by atoms with Gasteiger partial charge >= 0.3 is 0 Å². The Kier molecular flexibility index (Phi) is 5.12. The summed E-state index contributed by atoms with van der Waals surface area (Å²) in [5.41, 5.74) is 0. The summed E-state index contributed by atoms with van der Waals surface area (Å²) in [6.07, 6.45) is 0.477. The number of aliphatic hydroxyl groups excluding tert-OH is 1. The topological polar surface area (TPSA) is 20.2 Å². The highest BCUT2D eigenvalue weighted by Crippen LogP contribution is 2.38. The van der Waals surface area contributed by atoms with Gasteiger partial charge in [-0.1, -0.05) is 31.9 Å². The Labute approximate surface area is 81.0 Å². The minimum atomic E-state index is -0.565. The lowest BCUT2D eigenvalue weighted by Crippen LogP contribution is -2.21. The maximum absolute atomic E-state index is 8.47. The maximum atomic E-state index is 8.47. The van der Waals surface area contributed by atoms with Crippen molar-refractivity contribution in [3.63, 3.8) is 0 Å². The summed E-state index contributed by atoms with van der Waals surface area (Å²) in [6, 6.07) is 0. The molecule has 0 aliphatic heterocycles. The average Bonchev–Trinajstić information content (AvgIpc) is 1.65. The molecule has 0 aromatic rings. The minimum Gasteiger partial charge on any atom is -0.396 e. The summed E-state index contributed by atoms with van der Waals surface area (Å²) in [5.74, 6) is 0. The third-order valence-electron chi connectivity index (χ3n) is 0.764. The first-order chi connectivity index (χ1) is 4.00. The molecule has 0 aliphatic carbocycles. The molecule has 5 heteroatoms. The van der Waals surface area contributed by atoms with Crippen LogP contribution in [-0.4, -0.2) is 19.8 Å². The number of rotatable bonds is 3. The van der Waals surface area contributed by atoms with Gasteiger partial charge in [0, 0.05) is 6.61 Å². The van der Waals surface area contributed by atoms with Gasteiger partial charge in [0.1, 0.15) is 8.07 Å². The van der Waals surface area contributed by atoms with Gasteiger partial charge in [-0.3, -0.25) is 0 Å². The van der Waals surface area contributed by atoms with E-state index in [0.717, 1.165) is 0 Å². The quantitative estimate of drug-likeness (QED) is 0.795. The molecule has 9 heavy (non-hydrogen) atoms. The van der Waals surface area contributed by atoms with Crippen molar-refractivity contribution in [1.29, 1.82) is 0 Å². The fraction of sp³-hybridized carbons (Fsp3) is 1.00. The van der Waals surface area contributed by atoms with Crippen molar-refractivity contribution in [3.8, 4) is 0 Å². The maximum Gasteiger partial charge on any atom is 0.132 e. The van der Waals surface area contributed by atoms with Crippen molar-refractivity contribution < 1.29 is 5.11 Å². The summed E-state index contributed by atoms with van der Waals surface area (Å²) in [6.45, 7) is 0.0481. The first kappa shape index (κ1) is 10.5. The van der Waals surface area contributed by atoms with Gasteiger partial charge in [-0.05, 0) is 6.42 Å². The summed E-state index contributed by atoms with van der Waals surface area (Å²) >= 11 is 17.4. The molecule has 0 aliphatic rings. The second kappa shape index (κ2) is 4.39. The van der Waals surface area contributed by atoms with Crippen LogP contribution < -0.4 is 0 Å². The van der Waals surface area contributed by atoms with Crippen LogP contribution in [0.25, 0.3) is 0 Å². The van der Waals surface area contributed by atoms with Crippen molar-refractivity contribution in [2.45, 2.75) is 14.5 Å². The third kappa shape index (κ3) is 4.04. The number of aliphatic hydroxyl groups is 1. The third-order valence-corrected chi connectivity index (χ3v) is 4.27. The SMILES string of the molecule is OCCC(Br)(Br)C(Cl)Cl. The first-order valence-electron chi connectivity index (χ1n) is 2.27. The van der Waals surface area contributed by atoms with E-state index >= 15 is 0 Å². The standard InChI is InChI=1S/C4H6Br2Cl2O/c5-4(6,1-2-9)3(7)8/h3,9H,1-2H2. The first-order valence-corrected chi connectivity index (χ1v) is 4.73. The van der Waals surface area contributed by atoms with Crippen molar-refractivity contribution in [2.24, 2.45) is 0 Å². The van der Waals surface area contributed by atoms with E-state index in [1.54, 1.807) is 0 Å². The Balaban J connectivity index is 3.70. The molecule has 0 aromatic heterocycles. The number of alkyl halides is 4. The highest BCUT2D eigenvalue weighted by molar-refractivity contribution is 9.25. The van der Waals surface area contributed by atoms with Crippen LogP contribution in [0.3, 0.4) is 0 Å². The van der Waals surface area contributed by atoms with Gasteiger partial charge in [0.25, 0.3) is 0 Å². The Morgan fingerprint density at radius 2 is 1.89 bits per heavy atom. The van der Waals surface area contributed by atoms with Crippen LogP contribution in [0, 0.1) is 0 Å². The van der Waals surface area contributed by atoms with E-state index in [2.05, 4.69) is 31.9 Å². The number of hydrogen-bond acceptors (Lipinski definition) is 1. The zero-order valence-corrected chi connectivity index (χ0v) is 9.13. The lowest BCUT2D eigenvalue weighted by atomic mass is 10.3. The summed E-state index contributed by atoms with van der Waals surface area (Å²) in [4.78, 5) is -0.565. The molecule has 0 spiro atoms. The molecule has 1 nitrogen and oxygen atoms in total. The molecule has 0 saturated carbocycles. The van der Waals surface area contributed by atoms with Gasteiger partial charge in [-0.2, -0.15) is 0 Å². The van der Waals surface area contributed by atoms with Gasteiger partial charge in [0.2, 0.25) is 0 Å². The lowest BCUT2D eigenvalue weighted by Gasteiger charge is -2.19. The highest BCUT2D eigenvalue weighted by atomic mass is 79.9. The van der Waals surface area contributed by atoms with Crippen molar-refractivity contribution in [3.05, 3.63) is 0 Å². The van der Waals surface area contributed by atoms with Crippen molar-refractivity contribution >= 4 is 55.1 Å². The second-order valence-corrected chi connectivity index (χ2v) is 6.53. The molecule has 56 valence electrons. The van der Waals surface area contributed by atoms with E-state index in [1.807, 2.05) is 0 Å². The van der Waals surface area contributed by atoms with Gasteiger partial charge in [-0.25, -0.2) is 0 Å². The summed E-state index contributed by atoms with van der Waals surface area (Å²) in [5, 5.41) is 8.47. The van der Waals surface area contributed by atoms with Crippen LogP contribution in [0.4, 0.5) is 0 Å². The molecule has 0 bridgehead atoms. The molecule has 0 rings (SSSR count). The summed E-state index contributed by atoms with van der Waals surface area (Å²) < 4.78 is -0.544. The molecule has 0 atom stereocenters. The smallest absolute Gasteiger partial charge is 0.132 e. The fourth-order valence-electron chi connectivity index (χ4n) is 0.258. The predicted molar refractivity (Wildman–Crippen MR) is 47.8 cm³/mol. The van der Waals surface area contributed by atoms with Gasteiger partial charge in [0.15, 0.2) is 0 Å². The van der Waals surface area contributed by atoms with E-state index in [4.69, 9.17) is 28.3 Å². The number of hydrogen-bond donors (Lipinski definition) is 1. The zero-order valence-electron chi connectivity index (χ0n) is 4.45. The normalized spacial score (nSPS) is 12.7. The van der Waals surface area contributed by atoms with E-state index in [1.165, 1.54) is 0 Å². The molecule has 0 aromatic carbocycles. The largest absolute Gasteiger partial charge is 0.396 e. The summed E-state index contributed by atoms with van der Waals surface area (Å²) in [7, 11) is 0. The molecule has 1 N–H and O–H groups in total. The van der Waals surface area contributed by atoms with Crippen LogP contribution in [0.5, 0.6) is 0 Å². The zero-order chi connectivity index (χ0) is 7.49. The van der Waals surface area contributed by atoms with Gasteiger partial charge in [-0.15, -0.1) is 23.2 Å². The van der Waals surface area contributed by atoms with E-state index in [-0.39, 0.29) is 6.61 Å². The van der Waals surface area contributed by atoms with Crippen LogP contribution >= 0.6 is 55.1 Å². The molecule has 0 heterocycles. The second-order valence-electron chi connectivity index (χ2n) is 1.54. The van der Waals surface area contributed by atoms with Crippen LogP contribution in [0.15, 0.2) is 0 Å². The van der Waals surface area contributed by atoms with E-state index < -0.39 is 8.07 Å². The molecule has 0 amide bonds. The average molecular weight is 301 g/mol. The molecule has 0 fully saturated rings. The minimum absolute atomic E-state index is 0.0481.